The van der Waals surface area contributed by atoms with Crippen LogP contribution < -0.4 is 5.73 Å². The van der Waals surface area contributed by atoms with E-state index in [1.807, 2.05) is 20.8 Å². The van der Waals surface area contributed by atoms with Gasteiger partial charge in [0.2, 0.25) is 0 Å². The standard InChI is InChI=1S/C8H17NO/c1-4-8(10)6(2)5-7(3)9/h6-7H,4-5,9H2,1-3H3/t6?,7-/m0/s1. The molecule has 0 heterocycles. The fourth-order valence-corrected chi connectivity index (χ4v) is 1.04. The highest BCUT2D eigenvalue weighted by Gasteiger charge is 2.11. The summed E-state index contributed by atoms with van der Waals surface area (Å²) in [7, 11) is 0. The van der Waals surface area contributed by atoms with Gasteiger partial charge in [0.05, 0.1) is 0 Å². The molecule has 0 rings (SSSR count). The van der Waals surface area contributed by atoms with E-state index in [0.29, 0.717) is 12.2 Å². The lowest BCUT2D eigenvalue weighted by atomic mass is 9.97. The number of hydrogen-bond donors (Lipinski definition) is 1. The van der Waals surface area contributed by atoms with E-state index < -0.39 is 0 Å². The second-order valence-electron chi connectivity index (χ2n) is 2.93. The van der Waals surface area contributed by atoms with Gasteiger partial charge in [-0.25, -0.2) is 0 Å². The van der Waals surface area contributed by atoms with Crippen LogP contribution in [0.1, 0.15) is 33.6 Å². The molecule has 0 aromatic heterocycles. The number of rotatable bonds is 4. The maximum atomic E-state index is 11.0. The van der Waals surface area contributed by atoms with Gasteiger partial charge in [-0.15, -0.1) is 0 Å². The molecule has 0 fully saturated rings. The molecule has 0 saturated heterocycles. The summed E-state index contributed by atoms with van der Waals surface area (Å²) >= 11 is 0. The number of carbonyl (C=O) groups excluding carboxylic acids is 1. The molecule has 10 heavy (non-hydrogen) atoms. The Kier molecular flexibility index (Phi) is 4.28. The number of ketones is 1. The summed E-state index contributed by atoms with van der Waals surface area (Å²) in [6.07, 6.45) is 1.44. The monoisotopic (exact) mass is 143 g/mol. The molecule has 0 aromatic rings. The van der Waals surface area contributed by atoms with Gasteiger partial charge in [0, 0.05) is 18.4 Å². The van der Waals surface area contributed by atoms with Crippen LogP contribution in [0.5, 0.6) is 0 Å². The van der Waals surface area contributed by atoms with Crippen LogP contribution in [0.25, 0.3) is 0 Å². The van der Waals surface area contributed by atoms with Crippen molar-refractivity contribution in [3.63, 3.8) is 0 Å². The van der Waals surface area contributed by atoms with Crippen LogP contribution in [0.4, 0.5) is 0 Å². The Hall–Kier alpha value is -0.370. The maximum Gasteiger partial charge on any atom is 0.135 e. The van der Waals surface area contributed by atoms with E-state index in [1.54, 1.807) is 0 Å². The van der Waals surface area contributed by atoms with Gasteiger partial charge in [0.1, 0.15) is 5.78 Å². The molecule has 0 aliphatic rings. The Morgan fingerprint density at radius 2 is 2.00 bits per heavy atom. The van der Waals surface area contributed by atoms with Crippen LogP contribution in [-0.4, -0.2) is 11.8 Å². The predicted octanol–water partition coefficient (Wildman–Crippen LogP) is 1.34. The highest BCUT2D eigenvalue weighted by Crippen LogP contribution is 2.07. The van der Waals surface area contributed by atoms with Crippen LogP contribution in [-0.2, 0) is 4.79 Å². The third-order valence-corrected chi connectivity index (χ3v) is 1.62. The van der Waals surface area contributed by atoms with Crippen molar-refractivity contribution in [3.05, 3.63) is 0 Å². The fraction of sp³-hybridized carbons (Fsp3) is 0.875. The van der Waals surface area contributed by atoms with Crippen molar-refractivity contribution in [1.29, 1.82) is 0 Å². The Labute approximate surface area is 62.8 Å². The van der Waals surface area contributed by atoms with Crippen LogP contribution in [0.2, 0.25) is 0 Å². The molecule has 0 amide bonds. The van der Waals surface area contributed by atoms with Crippen molar-refractivity contribution in [2.75, 3.05) is 0 Å². The second kappa shape index (κ2) is 4.45. The van der Waals surface area contributed by atoms with Crippen molar-refractivity contribution in [2.24, 2.45) is 11.7 Å². The van der Waals surface area contributed by atoms with Gasteiger partial charge in [-0.2, -0.15) is 0 Å². The maximum absolute atomic E-state index is 11.0. The van der Waals surface area contributed by atoms with Crippen LogP contribution >= 0.6 is 0 Å². The Balaban J connectivity index is 3.61. The Bertz CT molecular complexity index is 110. The molecule has 0 bridgehead atoms. The summed E-state index contributed by atoms with van der Waals surface area (Å²) in [5.41, 5.74) is 5.53. The first-order chi connectivity index (χ1) is 4.57. The highest BCUT2D eigenvalue weighted by atomic mass is 16.1. The molecule has 0 saturated carbocycles. The van der Waals surface area contributed by atoms with Gasteiger partial charge in [-0.1, -0.05) is 13.8 Å². The lowest BCUT2D eigenvalue weighted by Crippen LogP contribution is -2.22. The molecule has 2 atom stereocenters. The van der Waals surface area contributed by atoms with E-state index >= 15 is 0 Å². The summed E-state index contributed by atoms with van der Waals surface area (Å²) in [4.78, 5) is 11.0. The molecule has 1 unspecified atom stereocenters. The van der Waals surface area contributed by atoms with Gasteiger partial charge in [0.25, 0.3) is 0 Å². The largest absolute Gasteiger partial charge is 0.328 e. The van der Waals surface area contributed by atoms with Gasteiger partial charge in [0.15, 0.2) is 0 Å². The zero-order valence-electron chi connectivity index (χ0n) is 7.05. The normalized spacial score (nSPS) is 16.4. The molecule has 60 valence electrons. The average Bonchev–Trinajstić information content (AvgIpc) is 1.85. The summed E-state index contributed by atoms with van der Waals surface area (Å²) in [6, 6.07) is 0.144. The second-order valence-corrected chi connectivity index (χ2v) is 2.93. The van der Waals surface area contributed by atoms with Gasteiger partial charge in [-0.3, -0.25) is 4.79 Å². The van der Waals surface area contributed by atoms with Crippen molar-refractivity contribution >= 4 is 5.78 Å². The summed E-state index contributed by atoms with van der Waals surface area (Å²) in [5, 5.41) is 0. The van der Waals surface area contributed by atoms with Crippen LogP contribution in [0.3, 0.4) is 0 Å². The molecule has 0 aliphatic carbocycles. The highest BCUT2D eigenvalue weighted by molar-refractivity contribution is 5.80. The molecule has 2 nitrogen and oxygen atoms in total. The smallest absolute Gasteiger partial charge is 0.135 e. The van der Waals surface area contributed by atoms with Gasteiger partial charge >= 0.3 is 0 Å². The minimum absolute atomic E-state index is 0.144. The molecular formula is C8H17NO. The zero-order valence-corrected chi connectivity index (χ0v) is 7.05. The van der Waals surface area contributed by atoms with Crippen LogP contribution in [0.15, 0.2) is 0 Å². The molecule has 0 aliphatic heterocycles. The summed E-state index contributed by atoms with van der Waals surface area (Å²) < 4.78 is 0. The topological polar surface area (TPSA) is 43.1 Å². The Morgan fingerprint density at radius 3 is 2.30 bits per heavy atom. The molecule has 2 heteroatoms. The van der Waals surface area contributed by atoms with E-state index in [2.05, 4.69) is 0 Å². The first-order valence-electron chi connectivity index (χ1n) is 3.86. The SMILES string of the molecule is CCC(=O)C(C)C[C@H](C)N. The van der Waals surface area contributed by atoms with E-state index in [4.69, 9.17) is 5.73 Å². The predicted molar refractivity (Wildman–Crippen MR) is 42.7 cm³/mol. The van der Waals surface area contributed by atoms with Gasteiger partial charge < -0.3 is 5.73 Å². The van der Waals surface area contributed by atoms with Crippen LogP contribution in [0, 0.1) is 5.92 Å². The van der Waals surface area contributed by atoms with E-state index in [0.717, 1.165) is 6.42 Å². The number of Topliss-reactive ketones (excluding diaryl/α,β-unsaturated/α-hetero) is 1. The van der Waals surface area contributed by atoms with Gasteiger partial charge in [-0.05, 0) is 13.3 Å². The van der Waals surface area contributed by atoms with Crippen molar-refractivity contribution in [2.45, 2.75) is 39.7 Å². The van der Waals surface area contributed by atoms with Crippen molar-refractivity contribution in [3.8, 4) is 0 Å². The number of nitrogens with two attached hydrogens (primary N) is 1. The third kappa shape index (κ3) is 3.62. The number of hydrogen-bond acceptors (Lipinski definition) is 2. The first kappa shape index (κ1) is 9.63. The van der Waals surface area contributed by atoms with E-state index in [1.165, 1.54) is 0 Å². The summed E-state index contributed by atoms with van der Waals surface area (Å²) in [5.74, 6) is 0.460. The quantitative estimate of drug-likeness (QED) is 0.645. The fourth-order valence-electron chi connectivity index (χ4n) is 1.04. The molecule has 0 aromatic carbocycles. The minimum Gasteiger partial charge on any atom is -0.328 e. The van der Waals surface area contributed by atoms with E-state index in [-0.39, 0.29) is 12.0 Å². The molecule has 2 N–H and O–H groups in total. The lowest BCUT2D eigenvalue weighted by molar-refractivity contribution is -0.122. The molecule has 0 radical (unpaired) electrons. The average molecular weight is 143 g/mol. The van der Waals surface area contributed by atoms with Crippen molar-refractivity contribution in [1.82, 2.24) is 0 Å². The number of carbonyl (C=O) groups is 1. The molecule has 0 spiro atoms. The van der Waals surface area contributed by atoms with E-state index in [9.17, 15) is 4.79 Å². The first-order valence-corrected chi connectivity index (χ1v) is 3.86. The van der Waals surface area contributed by atoms with Crippen molar-refractivity contribution < 1.29 is 4.79 Å². The Morgan fingerprint density at radius 1 is 1.50 bits per heavy atom. The molecular weight excluding hydrogens is 126 g/mol. The lowest BCUT2D eigenvalue weighted by Gasteiger charge is -2.10. The zero-order chi connectivity index (χ0) is 8.15. The minimum atomic E-state index is 0.144. The summed E-state index contributed by atoms with van der Waals surface area (Å²) in [6.45, 7) is 5.76. The third-order valence-electron chi connectivity index (χ3n) is 1.62.